The zero-order chi connectivity index (χ0) is 11.6. The van der Waals surface area contributed by atoms with Gasteiger partial charge >= 0.3 is 0 Å². The zero-order valence-electron chi connectivity index (χ0n) is 8.79. The first-order chi connectivity index (χ1) is 6.79. The molecular formula is C11H11Cl3Si. The van der Waals surface area contributed by atoms with Gasteiger partial charge in [-0.25, -0.2) is 0 Å². The second-order valence-electron chi connectivity index (χ2n) is 4.24. The number of halogens is 3. The molecule has 1 aromatic rings. The van der Waals surface area contributed by atoms with E-state index in [4.69, 9.17) is 34.8 Å². The Labute approximate surface area is 107 Å². The van der Waals surface area contributed by atoms with Crippen molar-refractivity contribution in [1.29, 1.82) is 0 Å². The maximum Gasteiger partial charge on any atom is 0.129 e. The van der Waals surface area contributed by atoms with Gasteiger partial charge in [-0.1, -0.05) is 60.4 Å². The van der Waals surface area contributed by atoms with Crippen molar-refractivity contribution < 1.29 is 0 Å². The molecule has 4 heteroatoms. The monoisotopic (exact) mass is 276 g/mol. The molecule has 15 heavy (non-hydrogen) atoms. The quantitative estimate of drug-likeness (QED) is 0.468. The average molecular weight is 278 g/mol. The van der Waals surface area contributed by atoms with Crippen molar-refractivity contribution in [3.8, 4) is 11.5 Å². The summed E-state index contributed by atoms with van der Waals surface area (Å²) in [5.74, 6) is 3.04. The summed E-state index contributed by atoms with van der Waals surface area (Å²) in [7, 11) is -1.41. The molecule has 0 amide bonds. The molecule has 0 nitrogen and oxygen atoms in total. The van der Waals surface area contributed by atoms with E-state index in [2.05, 4.69) is 31.1 Å². The van der Waals surface area contributed by atoms with E-state index in [-0.39, 0.29) is 0 Å². The summed E-state index contributed by atoms with van der Waals surface area (Å²) in [4.78, 5) is 0. The second kappa shape index (κ2) is 4.80. The lowest BCUT2D eigenvalue weighted by Crippen LogP contribution is -2.16. The van der Waals surface area contributed by atoms with Crippen molar-refractivity contribution in [2.75, 3.05) is 0 Å². The minimum atomic E-state index is -1.41. The van der Waals surface area contributed by atoms with Crippen LogP contribution in [0.2, 0.25) is 34.7 Å². The average Bonchev–Trinajstić information content (AvgIpc) is 1.99. The Morgan fingerprint density at radius 1 is 1.00 bits per heavy atom. The molecule has 0 bridgehead atoms. The molecule has 0 heterocycles. The van der Waals surface area contributed by atoms with Crippen LogP contribution in [0.1, 0.15) is 5.56 Å². The fourth-order valence-corrected chi connectivity index (χ4v) is 2.32. The van der Waals surface area contributed by atoms with Crippen LogP contribution >= 0.6 is 34.8 Å². The predicted molar refractivity (Wildman–Crippen MR) is 71.7 cm³/mol. The highest BCUT2D eigenvalue weighted by molar-refractivity contribution is 6.83. The molecule has 1 aromatic carbocycles. The van der Waals surface area contributed by atoms with Gasteiger partial charge in [0.2, 0.25) is 0 Å². The van der Waals surface area contributed by atoms with Gasteiger partial charge in [0.15, 0.2) is 0 Å². The molecule has 0 N–H and O–H groups in total. The van der Waals surface area contributed by atoms with Crippen LogP contribution in [-0.4, -0.2) is 8.07 Å². The molecule has 0 fully saturated rings. The van der Waals surface area contributed by atoms with Crippen LogP contribution in [-0.2, 0) is 0 Å². The van der Waals surface area contributed by atoms with Gasteiger partial charge in [-0.3, -0.25) is 0 Å². The van der Waals surface area contributed by atoms with Gasteiger partial charge in [0.1, 0.15) is 8.07 Å². The fourth-order valence-electron chi connectivity index (χ4n) is 0.912. The third-order valence-electron chi connectivity index (χ3n) is 1.57. The van der Waals surface area contributed by atoms with E-state index < -0.39 is 8.07 Å². The first-order valence-electron chi connectivity index (χ1n) is 4.47. The first kappa shape index (κ1) is 12.9. The van der Waals surface area contributed by atoms with Gasteiger partial charge < -0.3 is 0 Å². The van der Waals surface area contributed by atoms with E-state index in [1.807, 2.05) is 0 Å². The summed E-state index contributed by atoms with van der Waals surface area (Å²) in [6.45, 7) is 6.49. The molecule has 0 aliphatic rings. The standard InChI is InChI=1S/C11H11Cl3Si/c1-15(2,3)5-4-9-10(13)6-8(12)7-11(9)14/h6-7H,1-3H3. The van der Waals surface area contributed by atoms with Crippen LogP contribution in [0.15, 0.2) is 12.1 Å². The van der Waals surface area contributed by atoms with Crippen molar-refractivity contribution in [1.82, 2.24) is 0 Å². The molecule has 0 saturated heterocycles. The fraction of sp³-hybridized carbons (Fsp3) is 0.273. The lowest BCUT2D eigenvalue weighted by molar-refractivity contribution is 1.64. The molecule has 80 valence electrons. The Morgan fingerprint density at radius 3 is 1.87 bits per heavy atom. The second-order valence-corrected chi connectivity index (χ2v) is 10.2. The maximum atomic E-state index is 6.01. The summed E-state index contributed by atoms with van der Waals surface area (Å²) in [6, 6.07) is 3.31. The van der Waals surface area contributed by atoms with E-state index in [0.717, 1.165) is 0 Å². The molecule has 0 aliphatic carbocycles. The van der Waals surface area contributed by atoms with Gasteiger partial charge in [-0.05, 0) is 12.1 Å². The molecule has 1 rings (SSSR count). The maximum absolute atomic E-state index is 6.01. The Bertz CT molecular complexity index is 412. The third kappa shape index (κ3) is 4.08. The third-order valence-corrected chi connectivity index (χ3v) is 3.26. The van der Waals surface area contributed by atoms with Gasteiger partial charge in [-0.2, -0.15) is 0 Å². The normalized spacial score (nSPS) is 10.8. The molecule has 0 aliphatic heterocycles. The first-order valence-corrected chi connectivity index (χ1v) is 9.11. The number of hydrogen-bond acceptors (Lipinski definition) is 0. The van der Waals surface area contributed by atoms with Gasteiger partial charge in [0.25, 0.3) is 0 Å². The van der Waals surface area contributed by atoms with Crippen LogP contribution in [0.5, 0.6) is 0 Å². The van der Waals surface area contributed by atoms with Gasteiger partial charge in [0, 0.05) is 5.02 Å². The zero-order valence-corrected chi connectivity index (χ0v) is 12.1. The summed E-state index contributed by atoms with van der Waals surface area (Å²) in [5, 5.41) is 1.56. The van der Waals surface area contributed by atoms with E-state index in [9.17, 15) is 0 Å². The van der Waals surface area contributed by atoms with Crippen LogP contribution in [0.4, 0.5) is 0 Å². The topological polar surface area (TPSA) is 0 Å². The van der Waals surface area contributed by atoms with E-state index >= 15 is 0 Å². The summed E-state index contributed by atoms with van der Waals surface area (Å²) < 4.78 is 0. The SMILES string of the molecule is C[Si](C)(C)C#Cc1c(Cl)cc(Cl)cc1Cl. The molecule has 0 saturated carbocycles. The highest BCUT2D eigenvalue weighted by atomic mass is 35.5. The summed E-state index contributed by atoms with van der Waals surface area (Å²) >= 11 is 17.8. The van der Waals surface area contributed by atoms with Crippen LogP contribution in [0.25, 0.3) is 0 Å². The van der Waals surface area contributed by atoms with E-state index in [1.165, 1.54) is 0 Å². The van der Waals surface area contributed by atoms with Crippen LogP contribution in [0.3, 0.4) is 0 Å². The number of rotatable bonds is 0. The minimum absolute atomic E-state index is 0.512. The van der Waals surface area contributed by atoms with Crippen molar-refractivity contribution in [3.05, 3.63) is 32.8 Å². The molecule has 0 radical (unpaired) electrons. The number of hydrogen-bond donors (Lipinski definition) is 0. The Balaban J connectivity index is 3.20. The minimum Gasteiger partial charge on any atom is -0.127 e. The summed E-state index contributed by atoms with van der Waals surface area (Å²) in [5.41, 5.74) is 3.89. The lowest BCUT2D eigenvalue weighted by Gasteiger charge is -2.05. The molecule has 0 unspecified atom stereocenters. The van der Waals surface area contributed by atoms with Crippen LogP contribution in [0, 0.1) is 11.5 Å². The van der Waals surface area contributed by atoms with Gasteiger partial charge in [0.05, 0.1) is 15.6 Å². The van der Waals surface area contributed by atoms with Crippen molar-refractivity contribution in [3.63, 3.8) is 0 Å². The van der Waals surface area contributed by atoms with Crippen LogP contribution < -0.4 is 0 Å². The highest BCUT2D eigenvalue weighted by Crippen LogP contribution is 2.28. The molecule has 0 spiro atoms. The van der Waals surface area contributed by atoms with E-state index in [1.54, 1.807) is 12.1 Å². The Kier molecular flexibility index (Phi) is 4.14. The van der Waals surface area contributed by atoms with Crippen molar-refractivity contribution >= 4 is 42.9 Å². The molecular weight excluding hydrogens is 267 g/mol. The number of benzene rings is 1. The predicted octanol–water partition coefficient (Wildman–Crippen LogP) is 4.88. The molecule has 0 atom stereocenters. The highest BCUT2D eigenvalue weighted by Gasteiger charge is 2.09. The Hall–Kier alpha value is -0.133. The molecule has 0 aromatic heterocycles. The van der Waals surface area contributed by atoms with E-state index in [0.29, 0.717) is 20.6 Å². The smallest absolute Gasteiger partial charge is 0.127 e. The lowest BCUT2D eigenvalue weighted by atomic mass is 10.2. The Morgan fingerprint density at radius 2 is 1.47 bits per heavy atom. The summed E-state index contributed by atoms with van der Waals surface area (Å²) in [6.07, 6.45) is 0. The van der Waals surface area contributed by atoms with Crippen molar-refractivity contribution in [2.24, 2.45) is 0 Å². The van der Waals surface area contributed by atoms with Crippen molar-refractivity contribution in [2.45, 2.75) is 19.6 Å². The largest absolute Gasteiger partial charge is 0.129 e. The van der Waals surface area contributed by atoms with Gasteiger partial charge in [-0.15, -0.1) is 5.54 Å².